The summed E-state index contributed by atoms with van der Waals surface area (Å²) in [5.41, 5.74) is 0. The second-order valence-electron chi connectivity index (χ2n) is 13.9. The summed E-state index contributed by atoms with van der Waals surface area (Å²) in [6.45, 7) is 6.51. The summed E-state index contributed by atoms with van der Waals surface area (Å²) in [5, 5.41) is 0. The maximum atomic E-state index is 12.6. The molecule has 0 aromatic carbocycles. The SMILES string of the molecule is CCCC/C=C\CCCCCCCC(=O)OCC(COC(=O)CCCCCCCCCCCC)OC(=O)CCCCCC/C=C\CCCC. The molecule has 286 valence electrons. The van der Waals surface area contributed by atoms with Crippen LogP contribution in [0.5, 0.6) is 0 Å². The maximum Gasteiger partial charge on any atom is 0.306 e. The van der Waals surface area contributed by atoms with E-state index < -0.39 is 6.10 Å². The lowest BCUT2D eigenvalue weighted by molar-refractivity contribution is -0.167. The van der Waals surface area contributed by atoms with Crippen LogP contribution in [0.3, 0.4) is 0 Å². The van der Waals surface area contributed by atoms with Crippen molar-refractivity contribution in [1.29, 1.82) is 0 Å². The summed E-state index contributed by atoms with van der Waals surface area (Å²) in [6, 6.07) is 0. The van der Waals surface area contributed by atoms with Gasteiger partial charge in [-0.25, -0.2) is 0 Å². The van der Waals surface area contributed by atoms with E-state index in [1.165, 1.54) is 89.9 Å². The molecule has 6 heteroatoms. The van der Waals surface area contributed by atoms with Crippen LogP contribution >= 0.6 is 0 Å². The Morgan fingerprint density at radius 3 is 1.08 bits per heavy atom. The third-order valence-electron chi connectivity index (χ3n) is 8.93. The van der Waals surface area contributed by atoms with Gasteiger partial charge in [0.05, 0.1) is 0 Å². The van der Waals surface area contributed by atoms with E-state index in [9.17, 15) is 14.4 Å². The van der Waals surface area contributed by atoms with Crippen LogP contribution < -0.4 is 0 Å². The van der Waals surface area contributed by atoms with E-state index >= 15 is 0 Å². The molecule has 0 aliphatic rings. The normalized spacial score (nSPS) is 12.1. The van der Waals surface area contributed by atoms with Crippen LogP contribution in [0.2, 0.25) is 0 Å². The summed E-state index contributed by atoms with van der Waals surface area (Å²) in [4.78, 5) is 37.5. The van der Waals surface area contributed by atoms with Gasteiger partial charge in [-0.2, -0.15) is 0 Å². The number of unbranched alkanes of at least 4 members (excludes halogenated alkanes) is 22. The molecular formula is C43H78O6. The fraction of sp³-hybridized carbons (Fsp3) is 0.837. The molecule has 0 radical (unpaired) electrons. The molecule has 0 bridgehead atoms. The Bertz CT molecular complexity index is 804. The third-order valence-corrected chi connectivity index (χ3v) is 8.93. The van der Waals surface area contributed by atoms with Crippen LogP contribution in [0, 0.1) is 0 Å². The smallest absolute Gasteiger partial charge is 0.306 e. The molecule has 0 aliphatic heterocycles. The van der Waals surface area contributed by atoms with Crippen molar-refractivity contribution in [2.45, 2.75) is 219 Å². The monoisotopic (exact) mass is 691 g/mol. The van der Waals surface area contributed by atoms with Crippen LogP contribution in [0.15, 0.2) is 24.3 Å². The maximum absolute atomic E-state index is 12.6. The Morgan fingerprint density at radius 2 is 0.694 bits per heavy atom. The standard InChI is InChI=1S/C43H78O6/c1-4-7-10-13-16-19-22-25-27-30-33-36-42(45)48-39-40(49-43(46)37-34-31-28-24-21-18-15-12-9-6-3)38-47-41(44)35-32-29-26-23-20-17-14-11-8-5-2/h13,15-16,18,40H,4-12,14,17,19-39H2,1-3H3/b16-13-,18-15-. The van der Waals surface area contributed by atoms with Crippen LogP contribution in [-0.4, -0.2) is 37.2 Å². The molecule has 0 aromatic rings. The molecule has 0 aromatic heterocycles. The van der Waals surface area contributed by atoms with E-state index in [4.69, 9.17) is 14.2 Å². The zero-order valence-electron chi connectivity index (χ0n) is 32.5. The number of hydrogen-bond donors (Lipinski definition) is 0. The molecule has 0 heterocycles. The summed E-state index contributed by atoms with van der Waals surface area (Å²) in [7, 11) is 0. The predicted molar refractivity (Wildman–Crippen MR) is 206 cm³/mol. The Hall–Kier alpha value is -2.11. The van der Waals surface area contributed by atoms with Gasteiger partial charge in [-0.15, -0.1) is 0 Å². The average molecular weight is 691 g/mol. The molecular weight excluding hydrogens is 612 g/mol. The fourth-order valence-electron chi connectivity index (χ4n) is 5.70. The van der Waals surface area contributed by atoms with Gasteiger partial charge in [0.25, 0.3) is 0 Å². The molecule has 0 aliphatic carbocycles. The Balaban J connectivity index is 4.39. The summed E-state index contributed by atoms with van der Waals surface area (Å²) >= 11 is 0. The summed E-state index contributed by atoms with van der Waals surface area (Å²) in [6.07, 6.45) is 40.2. The van der Waals surface area contributed by atoms with Crippen molar-refractivity contribution < 1.29 is 28.6 Å². The molecule has 1 unspecified atom stereocenters. The minimum Gasteiger partial charge on any atom is -0.462 e. The van der Waals surface area contributed by atoms with Crippen molar-refractivity contribution in [2.24, 2.45) is 0 Å². The third kappa shape index (κ3) is 37.0. The van der Waals surface area contributed by atoms with Crippen LogP contribution in [0.4, 0.5) is 0 Å². The molecule has 0 fully saturated rings. The second kappa shape index (κ2) is 38.7. The lowest BCUT2D eigenvalue weighted by Crippen LogP contribution is -2.30. The molecule has 6 nitrogen and oxygen atoms in total. The predicted octanol–water partition coefficient (Wildman–Crippen LogP) is 12.9. The average Bonchev–Trinajstić information content (AvgIpc) is 3.10. The molecule has 1 atom stereocenters. The van der Waals surface area contributed by atoms with E-state index in [2.05, 4.69) is 45.1 Å². The van der Waals surface area contributed by atoms with Gasteiger partial charge in [-0.1, -0.05) is 161 Å². The van der Waals surface area contributed by atoms with E-state index in [1.807, 2.05) is 0 Å². The van der Waals surface area contributed by atoms with Gasteiger partial charge in [0.2, 0.25) is 0 Å². The van der Waals surface area contributed by atoms with Crippen molar-refractivity contribution in [3.8, 4) is 0 Å². The molecule has 0 amide bonds. The first-order valence-corrected chi connectivity index (χ1v) is 20.8. The zero-order chi connectivity index (χ0) is 35.9. The highest BCUT2D eigenvalue weighted by Crippen LogP contribution is 2.13. The number of rotatable bonds is 37. The first-order valence-electron chi connectivity index (χ1n) is 20.8. The van der Waals surface area contributed by atoms with E-state index in [0.717, 1.165) is 83.5 Å². The molecule has 0 N–H and O–H groups in total. The van der Waals surface area contributed by atoms with Crippen molar-refractivity contribution in [1.82, 2.24) is 0 Å². The Morgan fingerprint density at radius 1 is 0.388 bits per heavy atom. The lowest BCUT2D eigenvalue weighted by atomic mass is 10.1. The van der Waals surface area contributed by atoms with Crippen molar-refractivity contribution in [3.05, 3.63) is 24.3 Å². The van der Waals surface area contributed by atoms with Gasteiger partial charge in [-0.05, 0) is 57.8 Å². The number of carbonyl (C=O) groups is 3. The first-order chi connectivity index (χ1) is 24.0. The lowest BCUT2D eigenvalue weighted by Gasteiger charge is -2.18. The highest BCUT2D eigenvalue weighted by molar-refractivity contribution is 5.71. The van der Waals surface area contributed by atoms with E-state index in [1.54, 1.807) is 0 Å². The summed E-state index contributed by atoms with van der Waals surface area (Å²) < 4.78 is 16.6. The van der Waals surface area contributed by atoms with Crippen molar-refractivity contribution in [2.75, 3.05) is 13.2 Å². The number of carbonyl (C=O) groups excluding carboxylic acids is 3. The van der Waals surface area contributed by atoms with Gasteiger partial charge in [-0.3, -0.25) is 14.4 Å². The minimum atomic E-state index is -0.772. The van der Waals surface area contributed by atoms with Crippen LogP contribution in [0.25, 0.3) is 0 Å². The minimum absolute atomic E-state index is 0.0765. The zero-order valence-corrected chi connectivity index (χ0v) is 32.5. The topological polar surface area (TPSA) is 78.9 Å². The molecule has 0 saturated carbocycles. The van der Waals surface area contributed by atoms with Gasteiger partial charge in [0.15, 0.2) is 6.10 Å². The van der Waals surface area contributed by atoms with Gasteiger partial charge >= 0.3 is 17.9 Å². The highest BCUT2D eigenvalue weighted by Gasteiger charge is 2.19. The molecule has 0 spiro atoms. The van der Waals surface area contributed by atoms with E-state index in [0.29, 0.717) is 19.3 Å². The number of allylic oxidation sites excluding steroid dienone is 4. The Kier molecular flexibility index (Phi) is 37.0. The Labute approximate surface area is 303 Å². The quantitative estimate of drug-likeness (QED) is 0.0279. The molecule has 0 saturated heterocycles. The highest BCUT2D eigenvalue weighted by atomic mass is 16.6. The number of esters is 3. The van der Waals surface area contributed by atoms with Gasteiger partial charge < -0.3 is 14.2 Å². The summed E-state index contributed by atoms with van der Waals surface area (Å²) in [5.74, 6) is -0.904. The fourth-order valence-corrected chi connectivity index (χ4v) is 5.70. The van der Waals surface area contributed by atoms with Gasteiger partial charge in [0, 0.05) is 19.3 Å². The van der Waals surface area contributed by atoms with Crippen molar-refractivity contribution >= 4 is 17.9 Å². The largest absolute Gasteiger partial charge is 0.462 e. The number of hydrogen-bond acceptors (Lipinski definition) is 6. The van der Waals surface area contributed by atoms with Gasteiger partial charge in [0.1, 0.15) is 13.2 Å². The molecule has 49 heavy (non-hydrogen) atoms. The number of ether oxygens (including phenoxy) is 3. The molecule has 0 rings (SSSR count). The van der Waals surface area contributed by atoms with Crippen molar-refractivity contribution in [3.63, 3.8) is 0 Å². The van der Waals surface area contributed by atoms with Crippen LogP contribution in [0.1, 0.15) is 213 Å². The van der Waals surface area contributed by atoms with E-state index in [-0.39, 0.29) is 31.1 Å². The van der Waals surface area contributed by atoms with Crippen LogP contribution in [-0.2, 0) is 28.6 Å². The second-order valence-corrected chi connectivity index (χ2v) is 13.9. The first kappa shape index (κ1) is 46.9.